The summed E-state index contributed by atoms with van der Waals surface area (Å²) < 4.78 is 0. The maximum atomic E-state index is 13.8. The smallest absolute Gasteiger partial charge is 0.271 e. The van der Waals surface area contributed by atoms with E-state index in [1.807, 2.05) is 67.2 Å². The van der Waals surface area contributed by atoms with Gasteiger partial charge in [0.05, 0.1) is 6.04 Å². The minimum absolute atomic E-state index is 0.162. The van der Waals surface area contributed by atoms with E-state index >= 15 is 0 Å². The number of carbonyl (C=O) groups is 3. The van der Waals surface area contributed by atoms with Gasteiger partial charge in [-0.3, -0.25) is 14.4 Å². The molecule has 226 valence electrons. The number of thiazole rings is 4. The van der Waals surface area contributed by atoms with Crippen molar-refractivity contribution in [2.45, 2.75) is 51.7 Å². The quantitative estimate of drug-likeness (QED) is 0.228. The van der Waals surface area contributed by atoms with Gasteiger partial charge in [-0.25, -0.2) is 19.9 Å². The molecule has 10 nitrogen and oxygen atoms in total. The fourth-order valence-electron chi connectivity index (χ4n) is 4.67. The third-order valence-electron chi connectivity index (χ3n) is 7.35. The number of benzene rings is 1. The van der Waals surface area contributed by atoms with E-state index in [1.165, 1.54) is 45.3 Å². The van der Waals surface area contributed by atoms with Gasteiger partial charge in [-0.2, -0.15) is 0 Å². The first kappa shape index (κ1) is 30.2. The first-order valence-electron chi connectivity index (χ1n) is 14.1. The molecule has 0 radical (unpaired) electrons. The number of nitrogens with zero attached hydrogens (tertiary/aromatic N) is 4. The van der Waals surface area contributed by atoms with Gasteiger partial charge in [-0.15, -0.1) is 45.3 Å². The van der Waals surface area contributed by atoms with Crippen molar-refractivity contribution in [2.24, 2.45) is 5.92 Å². The predicted molar refractivity (Wildman–Crippen MR) is 175 cm³/mol. The summed E-state index contributed by atoms with van der Waals surface area (Å²) in [6.07, 6.45) is 0.906. The molecule has 1 aliphatic rings. The van der Waals surface area contributed by atoms with Crippen molar-refractivity contribution in [3.63, 3.8) is 0 Å². The Morgan fingerprint density at radius 1 is 0.727 bits per heavy atom. The molecule has 0 aliphatic carbocycles. The van der Waals surface area contributed by atoms with Gasteiger partial charge in [0.15, 0.2) is 0 Å². The molecule has 1 aliphatic heterocycles. The Labute approximate surface area is 270 Å². The lowest BCUT2D eigenvalue weighted by atomic mass is 9.97. The maximum absolute atomic E-state index is 13.8. The van der Waals surface area contributed by atoms with Crippen LogP contribution in [0.25, 0.3) is 32.1 Å². The Hall–Kier alpha value is -3.85. The summed E-state index contributed by atoms with van der Waals surface area (Å²) in [6.45, 7) is 5.76. The molecule has 5 heterocycles. The number of nitrogens with one attached hydrogen (secondary N) is 3. The van der Waals surface area contributed by atoms with Crippen LogP contribution in [0.1, 0.15) is 54.3 Å². The van der Waals surface area contributed by atoms with Gasteiger partial charge >= 0.3 is 0 Å². The highest BCUT2D eigenvalue weighted by Crippen LogP contribution is 2.34. The fraction of sp³-hybridized carbons (Fsp3) is 0.300. The zero-order valence-electron chi connectivity index (χ0n) is 24.1. The van der Waals surface area contributed by atoms with Crippen molar-refractivity contribution < 1.29 is 14.4 Å². The summed E-state index contributed by atoms with van der Waals surface area (Å²) in [5, 5.41) is 19.1. The molecule has 3 N–H and O–H groups in total. The van der Waals surface area contributed by atoms with E-state index < -0.39 is 29.9 Å². The van der Waals surface area contributed by atoms with Gasteiger partial charge in [-0.05, 0) is 18.4 Å². The second-order valence-electron chi connectivity index (χ2n) is 10.5. The lowest BCUT2D eigenvalue weighted by Gasteiger charge is -2.27. The summed E-state index contributed by atoms with van der Waals surface area (Å²) in [5.41, 5.74) is 3.18. The van der Waals surface area contributed by atoms with E-state index in [0.29, 0.717) is 17.1 Å². The Balaban J connectivity index is 1.37. The summed E-state index contributed by atoms with van der Waals surface area (Å²) in [5.74, 6) is -1.40. The van der Waals surface area contributed by atoms with E-state index in [1.54, 1.807) is 5.38 Å². The molecular weight excluding hydrogens is 635 g/mol. The van der Waals surface area contributed by atoms with Gasteiger partial charge in [-0.1, -0.05) is 50.6 Å². The first-order valence-corrected chi connectivity index (χ1v) is 17.6. The number of carbonyl (C=O) groups excluding carboxylic acids is 3. The van der Waals surface area contributed by atoms with Gasteiger partial charge in [0.2, 0.25) is 11.8 Å². The van der Waals surface area contributed by atoms with Gasteiger partial charge in [0.25, 0.3) is 5.91 Å². The second kappa shape index (κ2) is 13.0. The van der Waals surface area contributed by atoms with E-state index in [2.05, 4.69) is 20.9 Å². The number of fused-ring (bicyclic) bond motifs is 11. The lowest BCUT2D eigenvalue weighted by Crippen LogP contribution is -2.56. The average Bonchev–Trinajstić information content (AvgIpc) is 3.84. The standard InChI is InChI=1S/C30H29N7O3S4/c1-4-15(2)23-26(40)31-16(3)27-34-20(12-41-27)29-36-22(14-43-29)30-35-21(13-44-30)28-33-19(11-42-28)25(39)32-18(24(38)37-23)10-17-8-6-5-7-9-17/h5-9,11-16,18,23H,4,10H2,1-3H3,(H,31,40)(H,32,39)(H,37,38)/t15-,16+,18+,23-/m0/s1. The predicted octanol–water partition coefficient (Wildman–Crippen LogP) is 5.58. The number of hydrogen-bond donors (Lipinski definition) is 3. The molecule has 3 amide bonds. The van der Waals surface area contributed by atoms with Crippen LogP contribution >= 0.6 is 45.3 Å². The highest BCUT2D eigenvalue weighted by molar-refractivity contribution is 7.16. The van der Waals surface area contributed by atoms with Crippen LogP contribution in [0.4, 0.5) is 0 Å². The zero-order chi connectivity index (χ0) is 30.8. The first-order chi connectivity index (χ1) is 21.3. The molecule has 4 atom stereocenters. The monoisotopic (exact) mass is 663 g/mol. The van der Waals surface area contributed by atoms with Crippen molar-refractivity contribution in [1.82, 2.24) is 35.9 Å². The highest BCUT2D eigenvalue weighted by atomic mass is 32.1. The van der Waals surface area contributed by atoms with E-state index in [-0.39, 0.29) is 23.9 Å². The molecular formula is C30H29N7O3S4. The zero-order valence-corrected chi connectivity index (χ0v) is 27.3. The minimum Gasteiger partial charge on any atom is -0.345 e. The normalized spacial score (nSPS) is 19.8. The van der Waals surface area contributed by atoms with Crippen molar-refractivity contribution in [1.29, 1.82) is 0 Å². The molecule has 1 aromatic carbocycles. The van der Waals surface area contributed by atoms with E-state index in [0.717, 1.165) is 32.0 Å². The molecule has 0 fully saturated rings. The second-order valence-corrected chi connectivity index (χ2v) is 14.0. The van der Waals surface area contributed by atoms with Crippen LogP contribution in [0.5, 0.6) is 0 Å². The van der Waals surface area contributed by atoms with Crippen LogP contribution in [0.3, 0.4) is 0 Å². The Kier molecular flexibility index (Phi) is 8.93. The molecule has 0 saturated carbocycles. The van der Waals surface area contributed by atoms with Crippen LogP contribution in [0, 0.1) is 5.92 Å². The lowest BCUT2D eigenvalue weighted by molar-refractivity contribution is -0.131. The topological polar surface area (TPSA) is 139 Å². The van der Waals surface area contributed by atoms with Gasteiger partial charge in [0, 0.05) is 27.9 Å². The Morgan fingerprint density at radius 2 is 1.30 bits per heavy atom. The van der Waals surface area contributed by atoms with Gasteiger partial charge in [0.1, 0.15) is 54.9 Å². The van der Waals surface area contributed by atoms with Crippen LogP contribution < -0.4 is 16.0 Å². The summed E-state index contributed by atoms with van der Waals surface area (Å²) >= 11 is 5.67. The summed E-state index contributed by atoms with van der Waals surface area (Å²) in [7, 11) is 0. The van der Waals surface area contributed by atoms with E-state index in [9.17, 15) is 14.4 Å². The number of aromatic nitrogens is 4. The fourth-order valence-corrected chi connectivity index (χ4v) is 7.99. The van der Waals surface area contributed by atoms with Crippen LogP contribution in [0.15, 0.2) is 51.9 Å². The molecule has 0 unspecified atom stereocenters. The molecule has 4 aromatic heterocycles. The largest absolute Gasteiger partial charge is 0.345 e. The minimum atomic E-state index is -0.938. The molecule has 5 aromatic rings. The van der Waals surface area contributed by atoms with Crippen molar-refractivity contribution >= 4 is 63.1 Å². The summed E-state index contributed by atoms with van der Waals surface area (Å²) in [4.78, 5) is 59.6. The third kappa shape index (κ3) is 6.48. The number of amides is 3. The summed E-state index contributed by atoms with van der Waals surface area (Å²) in [6, 6.07) is 7.30. The van der Waals surface area contributed by atoms with E-state index in [4.69, 9.17) is 15.0 Å². The van der Waals surface area contributed by atoms with Gasteiger partial charge < -0.3 is 16.0 Å². The number of hydrogen-bond acceptors (Lipinski definition) is 11. The van der Waals surface area contributed by atoms with Crippen LogP contribution in [-0.2, 0) is 16.0 Å². The van der Waals surface area contributed by atoms with Crippen LogP contribution in [0.2, 0.25) is 0 Å². The van der Waals surface area contributed by atoms with Crippen molar-refractivity contribution in [3.05, 3.63) is 68.1 Å². The van der Waals surface area contributed by atoms with Crippen molar-refractivity contribution in [2.75, 3.05) is 0 Å². The molecule has 0 spiro atoms. The molecule has 8 bridgehead atoms. The molecule has 0 saturated heterocycles. The SMILES string of the molecule is CC[C@H](C)[C@@H]1NC(=O)[C@@H](Cc2ccccc2)NC(=O)c2csc(n2)-c2csc(n2)-c2csc(n2)-c2csc(n2)[C@@H](C)NC1=O. The maximum Gasteiger partial charge on any atom is 0.271 e. The Bertz CT molecular complexity index is 1790. The Morgan fingerprint density at radius 3 is 1.93 bits per heavy atom. The molecule has 6 rings (SSSR count). The molecule has 14 heteroatoms. The number of rotatable bonds is 4. The third-order valence-corrected chi connectivity index (χ3v) is 11.0. The van der Waals surface area contributed by atoms with Crippen molar-refractivity contribution in [3.8, 4) is 32.1 Å². The molecule has 44 heavy (non-hydrogen) atoms. The average molecular weight is 664 g/mol. The van der Waals surface area contributed by atoms with Crippen LogP contribution in [-0.4, -0.2) is 49.7 Å². The highest BCUT2D eigenvalue weighted by Gasteiger charge is 2.32.